The van der Waals surface area contributed by atoms with E-state index in [4.69, 9.17) is 16.0 Å². The Bertz CT molecular complexity index is 1130. The van der Waals surface area contributed by atoms with Crippen LogP contribution in [-0.4, -0.2) is 5.91 Å². The molecule has 0 spiro atoms. The van der Waals surface area contributed by atoms with Gasteiger partial charge >= 0.3 is 6.18 Å². The molecule has 0 unspecified atom stereocenters. The van der Waals surface area contributed by atoms with Crippen molar-refractivity contribution in [2.75, 3.05) is 5.32 Å². The van der Waals surface area contributed by atoms with Gasteiger partial charge in [-0.2, -0.15) is 18.4 Å². The van der Waals surface area contributed by atoms with Gasteiger partial charge in [0.15, 0.2) is 0 Å². The molecule has 146 valence electrons. The van der Waals surface area contributed by atoms with Crippen LogP contribution >= 0.6 is 11.6 Å². The van der Waals surface area contributed by atoms with Crippen LogP contribution in [0.1, 0.15) is 11.3 Å². The Balaban J connectivity index is 1.80. The van der Waals surface area contributed by atoms with E-state index in [0.29, 0.717) is 16.3 Å². The number of alkyl halides is 3. The second kappa shape index (κ2) is 8.25. The van der Waals surface area contributed by atoms with Gasteiger partial charge in [-0.3, -0.25) is 4.79 Å². The van der Waals surface area contributed by atoms with Gasteiger partial charge in [0.1, 0.15) is 23.2 Å². The lowest BCUT2D eigenvalue weighted by molar-refractivity contribution is -0.137. The zero-order valence-corrected chi connectivity index (χ0v) is 15.4. The molecule has 8 heteroatoms. The SMILES string of the molecule is N#C/C(=C/c1ccc(-c2cccc(Cl)c2)o1)C(=O)Nc1cccc(C(F)(F)F)c1. The topological polar surface area (TPSA) is 66.0 Å². The number of anilines is 1. The lowest BCUT2D eigenvalue weighted by Crippen LogP contribution is -2.14. The van der Waals surface area contributed by atoms with E-state index in [9.17, 15) is 23.2 Å². The van der Waals surface area contributed by atoms with Gasteiger partial charge < -0.3 is 9.73 Å². The van der Waals surface area contributed by atoms with Gasteiger partial charge in [-0.25, -0.2) is 0 Å². The van der Waals surface area contributed by atoms with Crippen molar-refractivity contribution < 1.29 is 22.4 Å². The first kappa shape index (κ1) is 20.2. The van der Waals surface area contributed by atoms with Crippen LogP contribution < -0.4 is 5.32 Å². The standard InChI is InChI=1S/C21H12ClF3N2O2/c22-16-5-1-3-13(9-16)19-8-7-18(29-19)10-14(12-26)20(28)27-17-6-2-4-15(11-17)21(23,24)25/h1-11H,(H,27,28)/b14-10-. The van der Waals surface area contributed by atoms with E-state index in [-0.39, 0.29) is 17.0 Å². The van der Waals surface area contributed by atoms with Crippen molar-refractivity contribution in [3.63, 3.8) is 0 Å². The molecule has 0 aliphatic carbocycles. The Morgan fingerprint density at radius 1 is 1.10 bits per heavy atom. The molecule has 29 heavy (non-hydrogen) atoms. The van der Waals surface area contributed by atoms with E-state index < -0.39 is 17.6 Å². The van der Waals surface area contributed by atoms with Crippen molar-refractivity contribution in [3.8, 4) is 17.4 Å². The predicted molar refractivity (Wildman–Crippen MR) is 103 cm³/mol. The summed E-state index contributed by atoms with van der Waals surface area (Å²) in [5, 5.41) is 12.1. The van der Waals surface area contributed by atoms with Crippen LogP contribution in [-0.2, 0) is 11.0 Å². The number of carbonyl (C=O) groups excluding carboxylic acids is 1. The molecule has 0 bridgehead atoms. The molecule has 0 atom stereocenters. The molecule has 0 aliphatic heterocycles. The summed E-state index contributed by atoms with van der Waals surface area (Å²) < 4.78 is 44.0. The van der Waals surface area contributed by atoms with Gasteiger partial charge in [0.25, 0.3) is 5.91 Å². The Labute approximate surface area is 168 Å². The second-order valence-electron chi connectivity index (χ2n) is 5.91. The Morgan fingerprint density at radius 2 is 1.86 bits per heavy atom. The minimum absolute atomic E-state index is 0.0787. The number of benzene rings is 2. The number of hydrogen-bond acceptors (Lipinski definition) is 3. The van der Waals surface area contributed by atoms with Crippen molar-refractivity contribution in [2.24, 2.45) is 0 Å². The molecule has 1 heterocycles. The summed E-state index contributed by atoms with van der Waals surface area (Å²) in [6.07, 6.45) is -3.34. The normalized spacial score (nSPS) is 11.8. The smallest absolute Gasteiger partial charge is 0.416 e. The highest BCUT2D eigenvalue weighted by Crippen LogP contribution is 2.31. The number of halogens is 4. The Morgan fingerprint density at radius 3 is 2.55 bits per heavy atom. The zero-order valence-electron chi connectivity index (χ0n) is 14.6. The summed E-state index contributed by atoms with van der Waals surface area (Å²) >= 11 is 5.95. The number of hydrogen-bond donors (Lipinski definition) is 1. The van der Waals surface area contributed by atoms with E-state index >= 15 is 0 Å². The third-order valence-electron chi connectivity index (χ3n) is 3.84. The molecule has 3 aromatic rings. The maximum atomic E-state index is 12.8. The van der Waals surface area contributed by atoms with Gasteiger partial charge in [-0.05, 0) is 42.5 Å². The highest BCUT2D eigenvalue weighted by molar-refractivity contribution is 6.30. The molecule has 1 aromatic heterocycles. The van der Waals surface area contributed by atoms with Crippen molar-refractivity contribution in [3.05, 3.63) is 82.6 Å². The molecule has 3 rings (SSSR count). The molecule has 1 N–H and O–H groups in total. The maximum absolute atomic E-state index is 12.8. The average Bonchev–Trinajstić information content (AvgIpc) is 3.14. The molecule has 1 amide bonds. The van der Waals surface area contributed by atoms with E-state index in [2.05, 4.69) is 5.32 Å². The highest BCUT2D eigenvalue weighted by Gasteiger charge is 2.30. The van der Waals surface area contributed by atoms with Gasteiger partial charge in [0, 0.05) is 22.3 Å². The first-order valence-corrected chi connectivity index (χ1v) is 8.60. The first-order chi connectivity index (χ1) is 13.8. The summed E-state index contributed by atoms with van der Waals surface area (Å²) in [6.45, 7) is 0. The minimum Gasteiger partial charge on any atom is -0.457 e. The third kappa shape index (κ3) is 5.06. The molecule has 2 aromatic carbocycles. The Kier molecular flexibility index (Phi) is 5.76. The maximum Gasteiger partial charge on any atom is 0.416 e. The fourth-order valence-corrected chi connectivity index (χ4v) is 2.68. The number of nitriles is 1. The van der Waals surface area contributed by atoms with Crippen LogP contribution in [0.15, 0.2) is 70.7 Å². The van der Waals surface area contributed by atoms with Crippen LogP contribution in [0.5, 0.6) is 0 Å². The van der Waals surface area contributed by atoms with Gasteiger partial charge in [-0.1, -0.05) is 29.8 Å². The molecule has 0 saturated carbocycles. The van der Waals surface area contributed by atoms with Crippen molar-refractivity contribution in [1.29, 1.82) is 5.26 Å². The van der Waals surface area contributed by atoms with Crippen LogP contribution in [0.4, 0.5) is 18.9 Å². The van der Waals surface area contributed by atoms with E-state index in [0.717, 1.165) is 18.2 Å². The summed E-state index contributed by atoms with van der Waals surface area (Å²) in [6, 6.07) is 16.0. The number of furan rings is 1. The molecular formula is C21H12ClF3N2O2. The summed E-state index contributed by atoms with van der Waals surface area (Å²) in [7, 11) is 0. The number of nitrogens with zero attached hydrogens (tertiary/aromatic N) is 1. The van der Waals surface area contributed by atoms with Gasteiger partial charge in [0.05, 0.1) is 5.56 Å². The van der Waals surface area contributed by atoms with Gasteiger partial charge in [-0.15, -0.1) is 0 Å². The second-order valence-corrected chi connectivity index (χ2v) is 6.35. The number of rotatable bonds is 4. The molecule has 0 saturated heterocycles. The largest absolute Gasteiger partial charge is 0.457 e. The van der Waals surface area contributed by atoms with E-state index in [1.54, 1.807) is 42.5 Å². The summed E-state index contributed by atoms with van der Waals surface area (Å²) in [5.74, 6) is -0.141. The highest BCUT2D eigenvalue weighted by atomic mass is 35.5. The van der Waals surface area contributed by atoms with Crippen molar-refractivity contribution in [1.82, 2.24) is 0 Å². The number of amides is 1. The fourth-order valence-electron chi connectivity index (χ4n) is 2.49. The van der Waals surface area contributed by atoms with E-state index in [1.807, 2.05) is 0 Å². The lowest BCUT2D eigenvalue weighted by atomic mass is 10.1. The van der Waals surface area contributed by atoms with Crippen LogP contribution in [0.2, 0.25) is 5.02 Å². The molecule has 4 nitrogen and oxygen atoms in total. The monoisotopic (exact) mass is 416 g/mol. The van der Waals surface area contributed by atoms with Gasteiger partial charge in [0.2, 0.25) is 0 Å². The molecular weight excluding hydrogens is 405 g/mol. The zero-order chi connectivity index (χ0) is 21.0. The van der Waals surface area contributed by atoms with Crippen LogP contribution in [0.3, 0.4) is 0 Å². The van der Waals surface area contributed by atoms with Crippen molar-refractivity contribution in [2.45, 2.75) is 6.18 Å². The quantitative estimate of drug-likeness (QED) is 0.409. The summed E-state index contributed by atoms with van der Waals surface area (Å²) in [4.78, 5) is 12.3. The third-order valence-corrected chi connectivity index (χ3v) is 4.07. The lowest BCUT2D eigenvalue weighted by Gasteiger charge is -2.09. The van der Waals surface area contributed by atoms with Crippen molar-refractivity contribution >= 4 is 29.3 Å². The predicted octanol–water partition coefficient (Wildman–Crippen LogP) is 6.16. The van der Waals surface area contributed by atoms with E-state index in [1.165, 1.54) is 12.1 Å². The molecule has 0 radical (unpaired) electrons. The minimum atomic E-state index is -4.54. The summed E-state index contributed by atoms with van der Waals surface area (Å²) in [5.41, 5.74) is -0.599. The first-order valence-electron chi connectivity index (χ1n) is 8.22. The number of carbonyl (C=O) groups is 1. The fraction of sp³-hybridized carbons (Fsp3) is 0.0476. The molecule has 0 fully saturated rings. The number of nitrogens with one attached hydrogen (secondary N) is 1. The van der Waals surface area contributed by atoms with Crippen LogP contribution in [0.25, 0.3) is 17.4 Å². The molecule has 0 aliphatic rings. The van der Waals surface area contributed by atoms with Crippen LogP contribution in [0, 0.1) is 11.3 Å². The average molecular weight is 417 g/mol. The Hall–Kier alpha value is -3.50.